The Kier molecular flexibility index (Phi) is 4.57. The summed E-state index contributed by atoms with van der Waals surface area (Å²) in [6.45, 7) is 1.84. The van der Waals surface area contributed by atoms with E-state index in [0.717, 1.165) is 10.6 Å². The van der Waals surface area contributed by atoms with Crippen LogP contribution in [0.15, 0.2) is 35.6 Å². The highest BCUT2D eigenvalue weighted by molar-refractivity contribution is 8.00. The van der Waals surface area contributed by atoms with Crippen molar-refractivity contribution in [2.24, 2.45) is 0 Å². The van der Waals surface area contributed by atoms with Gasteiger partial charge in [0.1, 0.15) is 5.25 Å². The zero-order valence-electron chi connectivity index (χ0n) is 12.0. The molecule has 1 aliphatic rings. The van der Waals surface area contributed by atoms with Crippen molar-refractivity contribution in [3.05, 3.63) is 46.2 Å². The first-order valence-corrected chi connectivity index (χ1v) is 8.37. The predicted molar refractivity (Wildman–Crippen MR) is 90.0 cm³/mol. The lowest BCUT2D eigenvalue weighted by atomic mass is 10.3. The van der Waals surface area contributed by atoms with Crippen LogP contribution < -0.4 is 4.90 Å². The standard InChI is InChI=1S/C15H11Cl2N3O2S/c1-8-4-5-18-15(19-8)23-12-7-13(21)20(14(12)22)9-2-3-10(16)11(17)6-9/h2-6,12H,7H2,1H3/t12-/m1/s1. The van der Waals surface area contributed by atoms with Gasteiger partial charge in [0.15, 0.2) is 5.16 Å². The summed E-state index contributed by atoms with van der Waals surface area (Å²) >= 11 is 13.0. The highest BCUT2D eigenvalue weighted by Gasteiger charge is 2.40. The maximum Gasteiger partial charge on any atom is 0.247 e. The van der Waals surface area contributed by atoms with Gasteiger partial charge in [-0.05, 0) is 31.2 Å². The van der Waals surface area contributed by atoms with Crippen molar-refractivity contribution < 1.29 is 9.59 Å². The van der Waals surface area contributed by atoms with Crippen molar-refractivity contribution in [2.75, 3.05) is 4.90 Å². The Bertz CT molecular complexity index is 800. The fourth-order valence-corrected chi connectivity index (χ4v) is 3.50. The number of hydrogen-bond donors (Lipinski definition) is 0. The van der Waals surface area contributed by atoms with Crippen LogP contribution >= 0.6 is 35.0 Å². The van der Waals surface area contributed by atoms with E-state index >= 15 is 0 Å². The number of carbonyl (C=O) groups is 2. The molecule has 0 N–H and O–H groups in total. The van der Waals surface area contributed by atoms with E-state index in [0.29, 0.717) is 20.9 Å². The zero-order valence-corrected chi connectivity index (χ0v) is 14.3. The molecular formula is C15H11Cl2N3O2S. The molecule has 1 aliphatic heterocycles. The van der Waals surface area contributed by atoms with Crippen LogP contribution in [0.5, 0.6) is 0 Å². The number of halogens is 2. The topological polar surface area (TPSA) is 63.2 Å². The molecule has 5 nitrogen and oxygen atoms in total. The lowest BCUT2D eigenvalue weighted by Gasteiger charge is -2.15. The molecule has 0 radical (unpaired) electrons. The summed E-state index contributed by atoms with van der Waals surface area (Å²) in [5, 5.41) is 0.599. The molecule has 0 aliphatic carbocycles. The first kappa shape index (κ1) is 16.2. The summed E-state index contributed by atoms with van der Waals surface area (Å²) < 4.78 is 0. The number of amides is 2. The van der Waals surface area contributed by atoms with E-state index in [-0.39, 0.29) is 18.2 Å². The Hall–Kier alpha value is -1.63. The summed E-state index contributed by atoms with van der Waals surface area (Å²) in [4.78, 5) is 34.3. The molecule has 2 aromatic rings. The minimum atomic E-state index is -0.543. The number of anilines is 1. The average Bonchev–Trinajstić information content (AvgIpc) is 2.77. The zero-order chi connectivity index (χ0) is 16.6. The van der Waals surface area contributed by atoms with Gasteiger partial charge in [0.05, 0.1) is 15.7 Å². The number of aryl methyl sites for hydroxylation is 1. The molecule has 1 aromatic heterocycles. The van der Waals surface area contributed by atoms with Crippen LogP contribution in [0.2, 0.25) is 10.0 Å². The van der Waals surface area contributed by atoms with Crippen molar-refractivity contribution in [2.45, 2.75) is 23.8 Å². The Labute approximate surface area is 147 Å². The second-order valence-corrected chi connectivity index (χ2v) is 6.94. The van der Waals surface area contributed by atoms with Crippen LogP contribution in [-0.4, -0.2) is 27.0 Å². The third kappa shape index (κ3) is 3.34. The largest absolute Gasteiger partial charge is 0.274 e. The SMILES string of the molecule is Cc1ccnc(S[C@@H]2CC(=O)N(c3ccc(Cl)c(Cl)c3)C2=O)n1. The number of imide groups is 1. The molecule has 23 heavy (non-hydrogen) atoms. The summed E-state index contributed by atoms with van der Waals surface area (Å²) in [5.41, 5.74) is 1.23. The third-order valence-electron chi connectivity index (χ3n) is 3.29. The summed E-state index contributed by atoms with van der Waals surface area (Å²) in [7, 11) is 0. The summed E-state index contributed by atoms with van der Waals surface area (Å²) in [5.74, 6) is -0.581. The van der Waals surface area contributed by atoms with Crippen molar-refractivity contribution in [1.82, 2.24) is 9.97 Å². The highest BCUT2D eigenvalue weighted by atomic mass is 35.5. The average molecular weight is 368 g/mol. The number of aromatic nitrogens is 2. The number of thioether (sulfide) groups is 1. The molecule has 3 rings (SSSR count). The molecule has 118 valence electrons. The van der Waals surface area contributed by atoms with Crippen molar-refractivity contribution in [3.8, 4) is 0 Å². The Morgan fingerprint density at radius 2 is 2.00 bits per heavy atom. The molecule has 1 fully saturated rings. The quantitative estimate of drug-likeness (QED) is 0.613. The third-order valence-corrected chi connectivity index (χ3v) is 5.09. The van der Waals surface area contributed by atoms with Gasteiger partial charge in [0, 0.05) is 18.3 Å². The van der Waals surface area contributed by atoms with E-state index in [1.807, 2.05) is 6.92 Å². The first-order valence-electron chi connectivity index (χ1n) is 6.74. The van der Waals surface area contributed by atoms with Crippen LogP contribution in [0.3, 0.4) is 0 Å². The molecule has 0 bridgehead atoms. The van der Waals surface area contributed by atoms with Crippen LogP contribution in [0, 0.1) is 6.92 Å². The van der Waals surface area contributed by atoms with Crippen LogP contribution in [0.1, 0.15) is 12.1 Å². The minimum absolute atomic E-state index is 0.0983. The van der Waals surface area contributed by atoms with Gasteiger partial charge in [0.25, 0.3) is 0 Å². The molecule has 1 aromatic carbocycles. The molecule has 0 spiro atoms. The van der Waals surface area contributed by atoms with E-state index in [2.05, 4.69) is 9.97 Å². The van der Waals surface area contributed by atoms with Crippen LogP contribution in [0.4, 0.5) is 5.69 Å². The number of nitrogens with zero attached hydrogens (tertiary/aromatic N) is 3. The smallest absolute Gasteiger partial charge is 0.247 e. The fourth-order valence-electron chi connectivity index (χ4n) is 2.20. The van der Waals surface area contributed by atoms with Gasteiger partial charge in [0.2, 0.25) is 11.8 Å². The van der Waals surface area contributed by atoms with Gasteiger partial charge in [-0.2, -0.15) is 0 Å². The lowest BCUT2D eigenvalue weighted by molar-refractivity contribution is -0.121. The number of benzene rings is 1. The van der Waals surface area contributed by atoms with Gasteiger partial charge in [-0.25, -0.2) is 14.9 Å². The molecule has 0 unspecified atom stereocenters. The van der Waals surface area contributed by atoms with Gasteiger partial charge in [-0.3, -0.25) is 9.59 Å². The maximum absolute atomic E-state index is 12.6. The highest BCUT2D eigenvalue weighted by Crippen LogP contribution is 2.34. The lowest BCUT2D eigenvalue weighted by Crippen LogP contribution is -2.31. The molecule has 2 amide bonds. The predicted octanol–water partition coefficient (Wildman–Crippen LogP) is 3.52. The van der Waals surface area contributed by atoms with E-state index < -0.39 is 5.25 Å². The molecular weight excluding hydrogens is 357 g/mol. The fraction of sp³-hybridized carbons (Fsp3) is 0.200. The van der Waals surface area contributed by atoms with Gasteiger partial charge in [-0.1, -0.05) is 35.0 Å². The Balaban J connectivity index is 1.83. The van der Waals surface area contributed by atoms with Crippen LogP contribution in [0.25, 0.3) is 0 Å². The van der Waals surface area contributed by atoms with E-state index in [1.54, 1.807) is 24.4 Å². The van der Waals surface area contributed by atoms with Crippen molar-refractivity contribution >= 4 is 52.5 Å². The molecule has 1 atom stereocenters. The molecule has 0 saturated carbocycles. The van der Waals surface area contributed by atoms with E-state index in [1.165, 1.54) is 17.8 Å². The second kappa shape index (κ2) is 6.47. The van der Waals surface area contributed by atoms with Gasteiger partial charge in [-0.15, -0.1) is 0 Å². The molecule has 1 saturated heterocycles. The summed E-state index contributed by atoms with van der Waals surface area (Å²) in [6.07, 6.45) is 1.73. The monoisotopic (exact) mass is 367 g/mol. The first-order chi connectivity index (χ1) is 11.0. The van der Waals surface area contributed by atoms with Crippen LogP contribution in [-0.2, 0) is 9.59 Å². The number of carbonyl (C=O) groups excluding carboxylic acids is 2. The summed E-state index contributed by atoms with van der Waals surface area (Å²) in [6, 6.07) is 6.44. The van der Waals surface area contributed by atoms with E-state index in [4.69, 9.17) is 23.2 Å². The van der Waals surface area contributed by atoms with E-state index in [9.17, 15) is 9.59 Å². The number of hydrogen-bond acceptors (Lipinski definition) is 5. The second-order valence-electron chi connectivity index (χ2n) is 4.96. The molecule has 2 heterocycles. The maximum atomic E-state index is 12.6. The number of rotatable bonds is 3. The Morgan fingerprint density at radius 3 is 2.70 bits per heavy atom. The molecule has 8 heteroatoms. The van der Waals surface area contributed by atoms with Gasteiger partial charge >= 0.3 is 0 Å². The Morgan fingerprint density at radius 1 is 1.22 bits per heavy atom. The van der Waals surface area contributed by atoms with Crippen molar-refractivity contribution in [3.63, 3.8) is 0 Å². The normalized spacial score (nSPS) is 17.9. The van der Waals surface area contributed by atoms with Gasteiger partial charge < -0.3 is 0 Å². The minimum Gasteiger partial charge on any atom is -0.274 e. The van der Waals surface area contributed by atoms with Crippen molar-refractivity contribution in [1.29, 1.82) is 0 Å².